The molecule has 4 rings (SSSR count). The summed E-state index contributed by atoms with van der Waals surface area (Å²) in [6, 6.07) is 12.9. The van der Waals surface area contributed by atoms with Crippen molar-refractivity contribution >= 4 is 11.7 Å². The van der Waals surface area contributed by atoms with Gasteiger partial charge >= 0.3 is 5.97 Å². The summed E-state index contributed by atoms with van der Waals surface area (Å²) in [6.07, 6.45) is 3.89. The molecule has 0 bridgehead atoms. The summed E-state index contributed by atoms with van der Waals surface area (Å²) in [5, 5.41) is 9.18. The zero-order chi connectivity index (χ0) is 18.1. The molecule has 26 heavy (non-hydrogen) atoms. The van der Waals surface area contributed by atoms with Gasteiger partial charge in [-0.2, -0.15) is 0 Å². The first kappa shape index (κ1) is 16.9. The minimum absolute atomic E-state index is 0.0310. The maximum atomic E-state index is 14.2. The van der Waals surface area contributed by atoms with Crippen molar-refractivity contribution in [2.24, 2.45) is 0 Å². The third-order valence-corrected chi connectivity index (χ3v) is 5.14. The minimum atomic E-state index is -1.23. The number of carboxylic acids is 1. The van der Waals surface area contributed by atoms with Crippen LogP contribution in [0.1, 0.15) is 47.5 Å². The Morgan fingerprint density at radius 2 is 1.92 bits per heavy atom. The highest BCUT2D eigenvalue weighted by Gasteiger charge is 2.31. The Morgan fingerprint density at radius 1 is 1.15 bits per heavy atom. The van der Waals surface area contributed by atoms with Crippen LogP contribution in [0.15, 0.2) is 42.5 Å². The lowest BCUT2D eigenvalue weighted by Crippen LogP contribution is -2.41. The van der Waals surface area contributed by atoms with Crippen LogP contribution in [0.4, 0.5) is 10.1 Å². The molecule has 1 saturated carbocycles. The van der Waals surface area contributed by atoms with E-state index in [1.165, 1.54) is 12.1 Å². The number of carbonyl (C=O) groups is 1. The van der Waals surface area contributed by atoms with Crippen LogP contribution in [0.5, 0.6) is 5.75 Å². The van der Waals surface area contributed by atoms with Crippen LogP contribution >= 0.6 is 0 Å². The SMILES string of the molecule is O=C(O)c1cc(C2CC2)c(OC2CCCN(c3ccccc3)C2)cc1F. The molecular formula is C21H22FNO3. The fraction of sp³-hybridized carbons (Fsp3) is 0.381. The van der Waals surface area contributed by atoms with E-state index in [1.54, 1.807) is 0 Å². The van der Waals surface area contributed by atoms with Crippen LogP contribution in [0.2, 0.25) is 0 Å². The molecule has 0 radical (unpaired) electrons. The van der Waals surface area contributed by atoms with Crippen molar-refractivity contribution in [2.75, 3.05) is 18.0 Å². The van der Waals surface area contributed by atoms with E-state index in [0.717, 1.165) is 50.0 Å². The molecule has 1 aliphatic heterocycles. The summed E-state index contributed by atoms with van der Waals surface area (Å²) in [5.41, 5.74) is 1.73. The molecule has 1 N–H and O–H groups in total. The number of carboxylic acid groups (broad SMARTS) is 1. The number of rotatable bonds is 5. The number of nitrogens with zero attached hydrogens (tertiary/aromatic N) is 1. The third kappa shape index (κ3) is 3.52. The summed E-state index contributed by atoms with van der Waals surface area (Å²) < 4.78 is 20.4. The zero-order valence-electron chi connectivity index (χ0n) is 14.5. The molecule has 2 aromatic carbocycles. The van der Waals surface area contributed by atoms with Gasteiger partial charge in [0.1, 0.15) is 17.7 Å². The van der Waals surface area contributed by atoms with Gasteiger partial charge in [-0.25, -0.2) is 9.18 Å². The third-order valence-electron chi connectivity index (χ3n) is 5.14. The van der Waals surface area contributed by atoms with Gasteiger partial charge in [0.2, 0.25) is 0 Å². The lowest BCUT2D eigenvalue weighted by atomic mass is 10.0. The molecule has 1 atom stereocenters. The Labute approximate surface area is 152 Å². The van der Waals surface area contributed by atoms with Gasteiger partial charge in [-0.15, -0.1) is 0 Å². The number of piperidine rings is 1. The maximum Gasteiger partial charge on any atom is 0.338 e. The number of para-hydroxylation sites is 1. The van der Waals surface area contributed by atoms with E-state index >= 15 is 0 Å². The molecule has 2 aliphatic rings. The fourth-order valence-electron chi connectivity index (χ4n) is 3.64. The molecule has 0 aromatic heterocycles. The number of hydrogen-bond acceptors (Lipinski definition) is 3. The number of aromatic carboxylic acids is 1. The first-order valence-electron chi connectivity index (χ1n) is 9.15. The van der Waals surface area contributed by atoms with Crippen molar-refractivity contribution in [1.82, 2.24) is 0 Å². The second kappa shape index (κ2) is 6.98. The molecule has 0 spiro atoms. The normalized spacial score (nSPS) is 20.0. The lowest BCUT2D eigenvalue weighted by Gasteiger charge is -2.35. The van der Waals surface area contributed by atoms with E-state index in [-0.39, 0.29) is 17.6 Å². The van der Waals surface area contributed by atoms with E-state index < -0.39 is 11.8 Å². The summed E-state index contributed by atoms with van der Waals surface area (Å²) in [7, 11) is 0. The van der Waals surface area contributed by atoms with E-state index in [1.807, 2.05) is 18.2 Å². The van der Waals surface area contributed by atoms with Crippen LogP contribution in [-0.2, 0) is 0 Å². The predicted molar refractivity (Wildman–Crippen MR) is 97.6 cm³/mol. The highest BCUT2D eigenvalue weighted by molar-refractivity contribution is 5.88. The van der Waals surface area contributed by atoms with E-state index in [0.29, 0.717) is 5.75 Å². The fourth-order valence-corrected chi connectivity index (χ4v) is 3.64. The van der Waals surface area contributed by atoms with Gasteiger partial charge in [-0.05, 0) is 55.4 Å². The van der Waals surface area contributed by atoms with Gasteiger partial charge in [-0.1, -0.05) is 18.2 Å². The van der Waals surface area contributed by atoms with Gasteiger partial charge in [0, 0.05) is 18.3 Å². The maximum absolute atomic E-state index is 14.2. The summed E-state index contributed by atoms with van der Waals surface area (Å²) in [5.74, 6) is -1.16. The quantitative estimate of drug-likeness (QED) is 0.861. The predicted octanol–water partition coefficient (Wildman–Crippen LogP) is 4.45. The van der Waals surface area contributed by atoms with Crippen molar-refractivity contribution in [1.29, 1.82) is 0 Å². The van der Waals surface area contributed by atoms with Crippen molar-refractivity contribution in [3.05, 3.63) is 59.4 Å². The minimum Gasteiger partial charge on any atom is -0.488 e. The van der Waals surface area contributed by atoms with Gasteiger partial charge in [0.05, 0.1) is 12.1 Å². The average molecular weight is 355 g/mol. The van der Waals surface area contributed by atoms with E-state index in [4.69, 9.17) is 4.74 Å². The van der Waals surface area contributed by atoms with Crippen LogP contribution in [-0.4, -0.2) is 30.3 Å². The molecule has 1 saturated heterocycles. The monoisotopic (exact) mass is 355 g/mol. The van der Waals surface area contributed by atoms with Gasteiger partial charge in [-0.3, -0.25) is 0 Å². The molecule has 5 heteroatoms. The van der Waals surface area contributed by atoms with Crippen molar-refractivity contribution in [3.63, 3.8) is 0 Å². The summed E-state index contributed by atoms with van der Waals surface area (Å²) >= 11 is 0. The van der Waals surface area contributed by atoms with Crippen LogP contribution in [0.3, 0.4) is 0 Å². The van der Waals surface area contributed by atoms with Crippen molar-refractivity contribution < 1.29 is 19.0 Å². The Balaban J connectivity index is 1.55. The molecule has 136 valence electrons. The van der Waals surface area contributed by atoms with E-state index in [9.17, 15) is 14.3 Å². The average Bonchev–Trinajstić information content (AvgIpc) is 3.48. The molecule has 2 aromatic rings. The number of halogens is 1. The Hall–Kier alpha value is -2.56. The highest BCUT2D eigenvalue weighted by Crippen LogP contribution is 2.45. The molecular weight excluding hydrogens is 333 g/mol. The standard InChI is InChI=1S/C21H22FNO3/c22-19-12-20(17(14-8-9-14)11-18(19)21(24)25)26-16-7-4-10-23(13-16)15-5-2-1-3-6-15/h1-3,5-6,11-12,14,16H,4,7-10,13H2,(H,24,25). The Morgan fingerprint density at radius 3 is 2.62 bits per heavy atom. The van der Waals surface area contributed by atoms with Crippen LogP contribution < -0.4 is 9.64 Å². The molecule has 1 heterocycles. The zero-order valence-corrected chi connectivity index (χ0v) is 14.5. The second-order valence-electron chi connectivity index (χ2n) is 7.11. The topological polar surface area (TPSA) is 49.8 Å². The van der Waals surface area contributed by atoms with E-state index in [2.05, 4.69) is 17.0 Å². The Kier molecular flexibility index (Phi) is 4.53. The number of hydrogen-bond donors (Lipinski definition) is 1. The highest BCUT2D eigenvalue weighted by atomic mass is 19.1. The molecule has 2 fully saturated rings. The van der Waals surface area contributed by atoms with Crippen molar-refractivity contribution in [2.45, 2.75) is 37.7 Å². The summed E-state index contributed by atoms with van der Waals surface area (Å²) in [6.45, 7) is 1.72. The largest absolute Gasteiger partial charge is 0.488 e. The number of ether oxygens (including phenoxy) is 1. The van der Waals surface area contributed by atoms with Gasteiger partial charge in [0.25, 0.3) is 0 Å². The van der Waals surface area contributed by atoms with Gasteiger partial charge in [0.15, 0.2) is 0 Å². The molecule has 1 aliphatic carbocycles. The smallest absolute Gasteiger partial charge is 0.338 e. The Bertz CT molecular complexity index is 804. The molecule has 1 unspecified atom stereocenters. The lowest BCUT2D eigenvalue weighted by molar-refractivity contribution is 0.0691. The molecule has 0 amide bonds. The second-order valence-corrected chi connectivity index (χ2v) is 7.11. The van der Waals surface area contributed by atoms with Crippen LogP contribution in [0.25, 0.3) is 0 Å². The molecule has 4 nitrogen and oxygen atoms in total. The first-order valence-corrected chi connectivity index (χ1v) is 9.15. The number of benzene rings is 2. The summed E-state index contributed by atoms with van der Waals surface area (Å²) in [4.78, 5) is 13.5. The van der Waals surface area contributed by atoms with Crippen LogP contribution in [0, 0.1) is 5.82 Å². The number of anilines is 1. The van der Waals surface area contributed by atoms with Crippen molar-refractivity contribution in [3.8, 4) is 5.75 Å². The van der Waals surface area contributed by atoms with Gasteiger partial charge < -0.3 is 14.7 Å². The first-order chi connectivity index (χ1) is 12.6.